The van der Waals surface area contributed by atoms with E-state index in [0.29, 0.717) is 0 Å². The number of carbonyl (C=O) groups is 1. The van der Waals surface area contributed by atoms with Crippen LogP contribution in [0.1, 0.15) is 50.8 Å². The van der Waals surface area contributed by atoms with Gasteiger partial charge in [-0.2, -0.15) is 0 Å². The van der Waals surface area contributed by atoms with Crippen molar-refractivity contribution in [2.75, 3.05) is 5.32 Å². The van der Waals surface area contributed by atoms with Crippen LogP contribution in [0.4, 0.5) is 5.69 Å². The number of aromatic nitrogens is 2. The molecule has 0 bridgehead atoms. The van der Waals surface area contributed by atoms with Gasteiger partial charge in [0, 0.05) is 11.8 Å². The van der Waals surface area contributed by atoms with Crippen LogP contribution >= 0.6 is 0 Å². The van der Waals surface area contributed by atoms with Crippen molar-refractivity contribution in [3.63, 3.8) is 0 Å². The average Bonchev–Trinajstić information content (AvgIpc) is 2.56. The molecular weight excluding hydrogens is 302 g/mol. The lowest BCUT2D eigenvalue weighted by Gasteiger charge is -2.09. The molecule has 1 heterocycles. The van der Waals surface area contributed by atoms with Gasteiger partial charge in [0.05, 0.1) is 12.0 Å². The first-order valence-electron chi connectivity index (χ1n) is 8.44. The van der Waals surface area contributed by atoms with Gasteiger partial charge in [-0.15, -0.1) is 0 Å². The van der Waals surface area contributed by atoms with Gasteiger partial charge >= 0.3 is 0 Å². The molecule has 1 amide bonds. The maximum Gasteiger partial charge on any atom is 0.254 e. The Hall–Kier alpha value is -2.43. The second-order valence-corrected chi connectivity index (χ2v) is 6.28. The van der Waals surface area contributed by atoms with Crippen LogP contribution in [0, 0.1) is 0 Å². The van der Waals surface area contributed by atoms with Crippen LogP contribution in [0.15, 0.2) is 41.5 Å². The summed E-state index contributed by atoms with van der Waals surface area (Å²) in [5.74, 6) is -0.0510. The molecule has 2 rings (SSSR count). The summed E-state index contributed by atoms with van der Waals surface area (Å²) < 4.78 is 1.32. The summed E-state index contributed by atoms with van der Waals surface area (Å²) in [5, 5.41) is 2.81. The van der Waals surface area contributed by atoms with E-state index >= 15 is 0 Å². The van der Waals surface area contributed by atoms with E-state index in [9.17, 15) is 9.59 Å². The summed E-state index contributed by atoms with van der Waals surface area (Å²) in [5.41, 5.74) is 2.53. The van der Waals surface area contributed by atoms with Crippen LogP contribution in [0.25, 0.3) is 0 Å². The van der Waals surface area contributed by atoms with Crippen molar-refractivity contribution in [3.05, 3.63) is 58.3 Å². The van der Waals surface area contributed by atoms with Gasteiger partial charge in [-0.05, 0) is 36.5 Å². The molecular formula is C19H25N3O2. The zero-order chi connectivity index (χ0) is 17.5. The molecule has 1 aromatic carbocycles. The molecule has 0 atom stereocenters. The van der Waals surface area contributed by atoms with Crippen LogP contribution < -0.4 is 10.9 Å². The standard InChI is InChI=1S/C19H25N3O2/c1-4-5-6-15-7-9-16(10-8-15)21-18(23)12-22-13-20-17(14(2)3)11-19(22)24/h7-11,13-14H,4-6,12H2,1-3H3,(H,21,23). The number of carbonyl (C=O) groups excluding carboxylic acids is 1. The number of benzene rings is 1. The molecule has 0 saturated heterocycles. The van der Waals surface area contributed by atoms with Crippen LogP contribution in [0.2, 0.25) is 0 Å². The van der Waals surface area contributed by atoms with Crippen molar-refractivity contribution >= 4 is 11.6 Å². The maximum atomic E-state index is 12.1. The van der Waals surface area contributed by atoms with Crippen molar-refractivity contribution in [3.8, 4) is 0 Å². The summed E-state index contributed by atoms with van der Waals surface area (Å²) in [6, 6.07) is 9.32. The lowest BCUT2D eigenvalue weighted by atomic mass is 10.1. The van der Waals surface area contributed by atoms with Gasteiger partial charge in [0.2, 0.25) is 5.91 Å². The number of amides is 1. The molecule has 5 heteroatoms. The smallest absolute Gasteiger partial charge is 0.254 e. The van der Waals surface area contributed by atoms with E-state index in [4.69, 9.17) is 0 Å². The quantitative estimate of drug-likeness (QED) is 0.848. The minimum Gasteiger partial charge on any atom is -0.325 e. The number of rotatable bonds is 7. The Balaban J connectivity index is 1.97. The molecule has 2 aromatic rings. The highest BCUT2D eigenvalue weighted by Gasteiger charge is 2.08. The summed E-state index contributed by atoms with van der Waals surface area (Å²) in [6.07, 6.45) is 4.81. The minimum absolute atomic E-state index is 0.0399. The van der Waals surface area contributed by atoms with Gasteiger partial charge in [0.1, 0.15) is 6.54 Å². The van der Waals surface area contributed by atoms with E-state index in [-0.39, 0.29) is 23.9 Å². The van der Waals surface area contributed by atoms with E-state index in [2.05, 4.69) is 17.2 Å². The fraction of sp³-hybridized carbons (Fsp3) is 0.421. The Labute approximate surface area is 142 Å². The third kappa shape index (κ3) is 5.05. The first-order chi connectivity index (χ1) is 11.5. The van der Waals surface area contributed by atoms with Gasteiger partial charge < -0.3 is 5.32 Å². The normalized spacial score (nSPS) is 10.8. The first kappa shape index (κ1) is 17.9. The predicted octanol–water partition coefficient (Wildman–Crippen LogP) is 3.35. The number of nitrogens with zero attached hydrogens (tertiary/aromatic N) is 2. The molecule has 0 radical (unpaired) electrons. The largest absolute Gasteiger partial charge is 0.325 e. The SMILES string of the molecule is CCCCc1ccc(NC(=O)Cn2cnc(C(C)C)cc2=O)cc1. The van der Waals surface area contributed by atoms with Crippen molar-refractivity contribution in [1.82, 2.24) is 9.55 Å². The zero-order valence-electron chi connectivity index (χ0n) is 14.6. The zero-order valence-corrected chi connectivity index (χ0v) is 14.6. The number of aryl methyl sites for hydroxylation is 1. The molecule has 0 aliphatic carbocycles. The van der Waals surface area contributed by atoms with Crippen LogP contribution in [-0.4, -0.2) is 15.5 Å². The molecule has 0 aliphatic heterocycles. The van der Waals surface area contributed by atoms with Crippen molar-refractivity contribution in [2.45, 2.75) is 52.5 Å². The van der Waals surface area contributed by atoms with E-state index in [1.165, 1.54) is 22.5 Å². The monoisotopic (exact) mass is 327 g/mol. The minimum atomic E-state index is -0.238. The molecule has 0 fully saturated rings. The number of nitrogens with one attached hydrogen (secondary N) is 1. The molecule has 1 N–H and O–H groups in total. The third-order valence-electron chi connectivity index (χ3n) is 3.86. The number of hydrogen-bond acceptors (Lipinski definition) is 3. The van der Waals surface area contributed by atoms with Gasteiger partial charge in [-0.3, -0.25) is 14.2 Å². The maximum absolute atomic E-state index is 12.1. The van der Waals surface area contributed by atoms with E-state index in [1.54, 1.807) is 0 Å². The molecule has 0 unspecified atom stereocenters. The first-order valence-corrected chi connectivity index (χ1v) is 8.44. The number of anilines is 1. The molecule has 0 aliphatic rings. The lowest BCUT2D eigenvalue weighted by molar-refractivity contribution is -0.116. The molecule has 1 aromatic heterocycles. The van der Waals surface area contributed by atoms with E-state index in [0.717, 1.165) is 30.6 Å². The van der Waals surface area contributed by atoms with Crippen molar-refractivity contribution in [1.29, 1.82) is 0 Å². The Kier molecular flexibility index (Phi) is 6.29. The highest BCUT2D eigenvalue weighted by atomic mass is 16.2. The van der Waals surface area contributed by atoms with Gasteiger partial charge in [0.15, 0.2) is 0 Å². The fourth-order valence-electron chi connectivity index (χ4n) is 2.37. The van der Waals surface area contributed by atoms with Gasteiger partial charge in [0.25, 0.3) is 5.56 Å². The lowest BCUT2D eigenvalue weighted by Crippen LogP contribution is -2.28. The highest BCUT2D eigenvalue weighted by Crippen LogP contribution is 2.12. The predicted molar refractivity (Wildman–Crippen MR) is 96.3 cm³/mol. The van der Waals surface area contributed by atoms with E-state index in [1.807, 2.05) is 38.1 Å². The Morgan fingerprint density at radius 2 is 1.96 bits per heavy atom. The fourth-order valence-corrected chi connectivity index (χ4v) is 2.37. The van der Waals surface area contributed by atoms with Crippen molar-refractivity contribution < 1.29 is 4.79 Å². The Morgan fingerprint density at radius 1 is 1.25 bits per heavy atom. The molecule has 24 heavy (non-hydrogen) atoms. The summed E-state index contributed by atoms with van der Waals surface area (Å²) in [7, 11) is 0. The van der Waals surface area contributed by atoms with Crippen molar-refractivity contribution in [2.24, 2.45) is 0 Å². The number of hydrogen-bond donors (Lipinski definition) is 1. The molecule has 128 valence electrons. The number of unbranched alkanes of at least 4 members (excludes halogenated alkanes) is 1. The summed E-state index contributed by atoms with van der Waals surface area (Å²) in [6.45, 7) is 6.08. The topological polar surface area (TPSA) is 64.0 Å². The third-order valence-corrected chi connectivity index (χ3v) is 3.86. The second kappa shape index (κ2) is 8.43. The van der Waals surface area contributed by atoms with Crippen LogP contribution in [0.5, 0.6) is 0 Å². The summed E-state index contributed by atoms with van der Waals surface area (Å²) >= 11 is 0. The second-order valence-electron chi connectivity index (χ2n) is 6.28. The van der Waals surface area contributed by atoms with Crippen LogP contribution in [-0.2, 0) is 17.8 Å². The summed E-state index contributed by atoms with van der Waals surface area (Å²) in [4.78, 5) is 28.4. The molecule has 0 spiro atoms. The Morgan fingerprint density at radius 3 is 2.54 bits per heavy atom. The van der Waals surface area contributed by atoms with Crippen LogP contribution in [0.3, 0.4) is 0 Å². The van der Waals surface area contributed by atoms with E-state index < -0.39 is 0 Å². The van der Waals surface area contributed by atoms with Gasteiger partial charge in [-0.25, -0.2) is 4.98 Å². The van der Waals surface area contributed by atoms with Gasteiger partial charge in [-0.1, -0.05) is 39.3 Å². The Bertz CT molecular complexity index is 733. The molecule has 5 nitrogen and oxygen atoms in total. The molecule has 0 saturated carbocycles. The average molecular weight is 327 g/mol. The highest BCUT2D eigenvalue weighted by molar-refractivity contribution is 5.90.